The second-order valence-electron chi connectivity index (χ2n) is 4.42. The molecule has 3 rings (SSSR count). The number of nitrogen functional groups attached to an aromatic ring is 1. The lowest BCUT2D eigenvalue weighted by Gasteiger charge is -2.10. The van der Waals surface area contributed by atoms with Gasteiger partial charge in [-0.05, 0) is 48.5 Å². The van der Waals surface area contributed by atoms with Gasteiger partial charge in [0.2, 0.25) is 0 Å². The van der Waals surface area contributed by atoms with E-state index in [9.17, 15) is 0 Å². The van der Waals surface area contributed by atoms with Crippen molar-refractivity contribution in [2.75, 3.05) is 11.1 Å². The first kappa shape index (κ1) is 12.0. The summed E-state index contributed by atoms with van der Waals surface area (Å²) in [6, 6.07) is 16.9. The number of rotatable bonds is 2. The molecule has 0 fully saturated rings. The number of anilines is 3. The van der Waals surface area contributed by atoms with Crippen molar-refractivity contribution in [2.45, 2.75) is 0 Å². The van der Waals surface area contributed by atoms with Crippen LogP contribution in [0.4, 0.5) is 17.1 Å². The van der Waals surface area contributed by atoms with Crippen molar-refractivity contribution in [2.24, 2.45) is 0 Å². The zero-order chi connectivity index (χ0) is 13.9. The van der Waals surface area contributed by atoms with Crippen LogP contribution in [0.1, 0.15) is 5.56 Å². The number of nitriles is 1. The molecule has 0 radical (unpaired) electrons. The van der Waals surface area contributed by atoms with Crippen molar-refractivity contribution in [1.29, 1.82) is 5.26 Å². The average Bonchev–Trinajstić information content (AvgIpc) is 2.51. The zero-order valence-electron chi connectivity index (χ0n) is 10.7. The molecule has 1 aromatic heterocycles. The Bertz CT molecular complexity index is 801. The molecule has 0 spiro atoms. The lowest BCUT2D eigenvalue weighted by molar-refractivity contribution is 1.40. The van der Waals surface area contributed by atoms with Crippen molar-refractivity contribution in [3.63, 3.8) is 0 Å². The van der Waals surface area contributed by atoms with Gasteiger partial charge in [0, 0.05) is 23.0 Å². The SMILES string of the molecule is N#Cc1ccc(Nc2ccc(N)c3cccnc23)cc1. The molecule has 0 saturated heterocycles. The Hall–Kier alpha value is -3.06. The maximum atomic E-state index is 8.80. The van der Waals surface area contributed by atoms with Crippen LogP contribution in [-0.4, -0.2) is 4.98 Å². The first-order chi connectivity index (χ1) is 9.78. The van der Waals surface area contributed by atoms with E-state index in [1.165, 1.54) is 0 Å². The second kappa shape index (κ2) is 4.90. The third-order valence-corrected chi connectivity index (χ3v) is 3.10. The number of nitrogens with zero attached hydrogens (tertiary/aromatic N) is 2. The number of nitrogens with one attached hydrogen (secondary N) is 1. The Morgan fingerprint density at radius 1 is 1.05 bits per heavy atom. The minimum Gasteiger partial charge on any atom is -0.398 e. The molecule has 0 amide bonds. The molecule has 1 heterocycles. The highest BCUT2D eigenvalue weighted by molar-refractivity contribution is 5.99. The van der Waals surface area contributed by atoms with Gasteiger partial charge in [0.25, 0.3) is 0 Å². The molecule has 3 N–H and O–H groups in total. The minimum absolute atomic E-state index is 0.635. The first-order valence-corrected chi connectivity index (χ1v) is 6.18. The van der Waals surface area contributed by atoms with Gasteiger partial charge in [-0.1, -0.05) is 0 Å². The van der Waals surface area contributed by atoms with E-state index in [2.05, 4.69) is 16.4 Å². The average molecular weight is 260 g/mol. The second-order valence-corrected chi connectivity index (χ2v) is 4.42. The van der Waals surface area contributed by atoms with Gasteiger partial charge in [0.1, 0.15) is 0 Å². The highest BCUT2D eigenvalue weighted by Crippen LogP contribution is 2.28. The molecule has 0 aliphatic rings. The van der Waals surface area contributed by atoms with E-state index in [0.717, 1.165) is 22.3 Å². The first-order valence-electron chi connectivity index (χ1n) is 6.18. The molecule has 0 saturated carbocycles. The summed E-state index contributed by atoms with van der Waals surface area (Å²) in [5, 5.41) is 13.0. The Balaban J connectivity index is 2.02. The normalized spacial score (nSPS) is 10.2. The van der Waals surface area contributed by atoms with Gasteiger partial charge in [0.05, 0.1) is 22.8 Å². The van der Waals surface area contributed by atoms with Gasteiger partial charge < -0.3 is 11.1 Å². The predicted molar refractivity (Wildman–Crippen MR) is 80.6 cm³/mol. The third kappa shape index (κ3) is 2.13. The van der Waals surface area contributed by atoms with Crippen LogP contribution >= 0.6 is 0 Å². The van der Waals surface area contributed by atoms with Crippen molar-refractivity contribution >= 4 is 28.0 Å². The summed E-state index contributed by atoms with van der Waals surface area (Å²) in [5.74, 6) is 0. The van der Waals surface area contributed by atoms with Crippen LogP contribution in [-0.2, 0) is 0 Å². The maximum absolute atomic E-state index is 8.80. The Morgan fingerprint density at radius 2 is 1.85 bits per heavy atom. The number of aromatic nitrogens is 1. The van der Waals surface area contributed by atoms with Crippen molar-refractivity contribution in [3.8, 4) is 6.07 Å². The summed E-state index contributed by atoms with van der Waals surface area (Å²) >= 11 is 0. The predicted octanol–water partition coefficient (Wildman–Crippen LogP) is 3.43. The quantitative estimate of drug-likeness (QED) is 0.692. The Morgan fingerprint density at radius 3 is 2.60 bits per heavy atom. The number of hydrogen-bond acceptors (Lipinski definition) is 4. The fourth-order valence-corrected chi connectivity index (χ4v) is 2.08. The van der Waals surface area contributed by atoms with Crippen LogP contribution in [0.15, 0.2) is 54.7 Å². The lowest BCUT2D eigenvalue weighted by Crippen LogP contribution is -1.95. The molecule has 2 aromatic carbocycles. The molecule has 0 aliphatic heterocycles. The molecule has 0 bridgehead atoms. The minimum atomic E-state index is 0.635. The number of hydrogen-bond donors (Lipinski definition) is 2. The van der Waals surface area contributed by atoms with Gasteiger partial charge in [0.15, 0.2) is 0 Å². The van der Waals surface area contributed by atoms with E-state index in [1.807, 2.05) is 36.4 Å². The van der Waals surface area contributed by atoms with E-state index >= 15 is 0 Å². The molecule has 0 unspecified atom stereocenters. The van der Waals surface area contributed by atoms with E-state index in [4.69, 9.17) is 11.0 Å². The maximum Gasteiger partial charge on any atom is 0.0991 e. The summed E-state index contributed by atoms with van der Waals surface area (Å²) in [7, 11) is 0. The van der Waals surface area contributed by atoms with Gasteiger partial charge in [-0.2, -0.15) is 5.26 Å². The van der Waals surface area contributed by atoms with Gasteiger partial charge in [-0.3, -0.25) is 4.98 Å². The van der Waals surface area contributed by atoms with Crippen LogP contribution in [0.5, 0.6) is 0 Å². The van der Waals surface area contributed by atoms with E-state index in [-0.39, 0.29) is 0 Å². The van der Waals surface area contributed by atoms with Crippen molar-refractivity contribution in [3.05, 3.63) is 60.3 Å². The Kier molecular flexibility index (Phi) is 2.94. The summed E-state index contributed by atoms with van der Waals surface area (Å²) in [6.45, 7) is 0. The fourth-order valence-electron chi connectivity index (χ4n) is 2.08. The molecule has 0 atom stereocenters. The molecule has 20 heavy (non-hydrogen) atoms. The smallest absolute Gasteiger partial charge is 0.0991 e. The molecule has 0 aliphatic carbocycles. The Labute approximate surface area is 116 Å². The highest BCUT2D eigenvalue weighted by Gasteiger charge is 2.05. The number of pyridine rings is 1. The van der Waals surface area contributed by atoms with E-state index in [0.29, 0.717) is 11.3 Å². The van der Waals surface area contributed by atoms with Crippen LogP contribution < -0.4 is 11.1 Å². The van der Waals surface area contributed by atoms with Crippen LogP contribution in [0, 0.1) is 11.3 Å². The standard InChI is InChI=1S/C16H12N4/c17-10-11-3-5-12(6-4-11)20-15-8-7-14(18)13-2-1-9-19-16(13)15/h1-9,20H,18H2. The highest BCUT2D eigenvalue weighted by atomic mass is 14.9. The topological polar surface area (TPSA) is 74.7 Å². The van der Waals surface area contributed by atoms with Crippen LogP contribution in [0.3, 0.4) is 0 Å². The molecule has 4 heteroatoms. The van der Waals surface area contributed by atoms with Crippen molar-refractivity contribution < 1.29 is 0 Å². The monoisotopic (exact) mass is 260 g/mol. The van der Waals surface area contributed by atoms with Crippen molar-refractivity contribution in [1.82, 2.24) is 4.98 Å². The number of benzene rings is 2. The number of fused-ring (bicyclic) bond motifs is 1. The van der Waals surface area contributed by atoms with E-state index in [1.54, 1.807) is 18.3 Å². The molecule has 3 aromatic rings. The lowest BCUT2D eigenvalue weighted by atomic mass is 10.1. The third-order valence-electron chi connectivity index (χ3n) is 3.10. The van der Waals surface area contributed by atoms with Gasteiger partial charge in [-0.15, -0.1) is 0 Å². The molecular formula is C16H12N4. The van der Waals surface area contributed by atoms with Gasteiger partial charge >= 0.3 is 0 Å². The summed E-state index contributed by atoms with van der Waals surface area (Å²) in [4.78, 5) is 4.38. The molecule has 4 nitrogen and oxygen atoms in total. The van der Waals surface area contributed by atoms with E-state index < -0.39 is 0 Å². The van der Waals surface area contributed by atoms with Gasteiger partial charge in [-0.25, -0.2) is 0 Å². The van der Waals surface area contributed by atoms with Crippen LogP contribution in [0.2, 0.25) is 0 Å². The summed E-state index contributed by atoms with van der Waals surface area (Å²) in [6.07, 6.45) is 1.74. The summed E-state index contributed by atoms with van der Waals surface area (Å²) in [5.41, 5.74) is 9.92. The molecular weight excluding hydrogens is 248 g/mol. The zero-order valence-corrected chi connectivity index (χ0v) is 10.7. The summed E-state index contributed by atoms with van der Waals surface area (Å²) < 4.78 is 0. The number of nitrogens with two attached hydrogens (primary N) is 1. The fraction of sp³-hybridized carbons (Fsp3) is 0. The van der Waals surface area contributed by atoms with Crippen LogP contribution in [0.25, 0.3) is 10.9 Å². The largest absolute Gasteiger partial charge is 0.398 e. The molecule has 96 valence electrons.